The number of aromatic nitrogens is 2. The number of aryl methyl sites for hydroxylation is 2. The molecule has 1 amide bonds. The third-order valence-electron chi connectivity index (χ3n) is 3.32. The number of ether oxygens (including phenoxy) is 1. The molecule has 2 rings (SSSR count). The predicted molar refractivity (Wildman–Crippen MR) is 100 cm³/mol. The average molecular weight is 366 g/mol. The van der Waals surface area contributed by atoms with Crippen molar-refractivity contribution in [3.05, 3.63) is 28.8 Å². The molecule has 1 aromatic heterocycles. The highest BCUT2D eigenvalue weighted by Gasteiger charge is 2.11. The van der Waals surface area contributed by atoms with Crippen LogP contribution in [0.15, 0.2) is 16.5 Å². The van der Waals surface area contributed by atoms with Crippen molar-refractivity contribution < 1.29 is 9.53 Å². The Balaban J connectivity index is 1.88. The number of anilines is 1. The number of hydrogen-bond acceptors (Lipinski definition) is 6. The molecule has 1 N–H and O–H groups in total. The molecule has 0 aliphatic rings. The van der Waals surface area contributed by atoms with Gasteiger partial charge in [-0.15, -0.1) is 10.2 Å². The summed E-state index contributed by atoms with van der Waals surface area (Å²) < 4.78 is 6.52. The SMILES string of the molecule is Cc1cc(C)c(C)c(OCC(=O)Nc2nnc(SCC(C)C)s2)c1. The quantitative estimate of drug-likeness (QED) is 0.588. The number of rotatable bonds is 7. The molecule has 0 unspecified atom stereocenters. The lowest BCUT2D eigenvalue weighted by atomic mass is 10.1. The molecule has 0 radical (unpaired) electrons. The van der Waals surface area contributed by atoms with Gasteiger partial charge in [0.05, 0.1) is 0 Å². The Bertz CT molecular complexity index is 714. The average Bonchev–Trinajstić information content (AvgIpc) is 2.94. The van der Waals surface area contributed by atoms with E-state index in [2.05, 4.69) is 35.4 Å². The maximum absolute atomic E-state index is 12.0. The Hall–Kier alpha value is -1.60. The monoisotopic (exact) mass is 365 g/mol. The Morgan fingerprint density at radius 1 is 1.29 bits per heavy atom. The molecule has 0 fully saturated rings. The Morgan fingerprint density at radius 3 is 2.75 bits per heavy atom. The van der Waals surface area contributed by atoms with Crippen molar-refractivity contribution in [1.29, 1.82) is 0 Å². The Kier molecular flexibility index (Phi) is 6.62. The van der Waals surface area contributed by atoms with E-state index in [0.29, 0.717) is 11.0 Å². The van der Waals surface area contributed by atoms with Crippen LogP contribution in [-0.2, 0) is 4.79 Å². The minimum atomic E-state index is -0.231. The van der Waals surface area contributed by atoms with Crippen LogP contribution in [0.1, 0.15) is 30.5 Å². The van der Waals surface area contributed by atoms with Gasteiger partial charge in [-0.1, -0.05) is 43.0 Å². The third kappa shape index (κ3) is 5.49. The van der Waals surface area contributed by atoms with E-state index in [1.807, 2.05) is 26.8 Å². The molecule has 0 bridgehead atoms. The van der Waals surface area contributed by atoms with Gasteiger partial charge in [0.25, 0.3) is 5.91 Å². The summed E-state index contributed by atoms with van der Waals surface area (Å²) in [6, 6.07) is 4.04. The predicted octanol–water partition coefficient (Wildman–Crippen LogP) is 4.23. The number of nitrogens with one attached hydrogen (secondary N) is 1. The zero-order chi connectivity index (χ0) is 17.7. The van der Waals surface area contributed by atoms with Gasteiger partial charge in [-0.3, -0.25) is 10.1 Å². The largest absolute Gasteiger partial charge is 0.483 e. The van der Waals surface area contributed by atoms with E-state index in [4.69, 9.17) is 4.74 Å². The first-order valence-corrected chi connectivity index (χ1v) is 9.62. The minimum Gasteiger partial charge on any atom is -0.483 e. The summed E-state index contributed by atoms with van der Waals surface area (Å²) in [5.74, 6) is 2.09. The van der Waals surface area contributed by atoms with Crippen LogP contribution >= 0.6 is 23.1 Å². The lowest BCUT2D eigenvalue weighted by molar-refractivity contribution is -0.118. The van der Waals surface area contributed by atoms with Gasteiger partial charge in [0.2, 0.25) is 5.13 Å². The topological polar surface area (TPSA) is 64.1 Å². The van der Waals surface area contributed by atoms with Crippen LogP contribution in [0.2, 0.25) is 0 Å². The van der Waals surface area contributed by atoms with Crippen molar-refractivity contribution in [2.24, 2.45) is 5.92 Å². The first-order chi connectivity index (χ1) is 11.3. The summed E-state index contributed by atoms with van der Waals surface area (Å²) in [5, 5.41) is 11.3. The highest BCUT2D eigenvalue weighted by molar-refractivity contribution is 8.01. The molecule has 7 heteroatoms. The third-order valence-corrected chi connectivity index (χ3v) is 5.71. The van der Waals surface area contributed by atoms with Crippen molar-refractivity contribution in [1.82, 2.24) is 10.2 Å². The fourth-order valence-corrected chi connectivity index (χ4v) is 3.75. The number of hydrogen-bond donors (Lipinski definition) is 1. The standard InChI is InChI=1S/C17H23N3O2S2/c1-10(2)9-23-17-20-19-16(24-17)18-15(21)8-22-14-7-11(3)6-12(4)13(14)5/h6-7,10H,8-9H2,1-5H3,(H,18,19,21). The highest BCUT2D eigenvalue weighted by atomic mass is 32.2. The lowest BCUT2D eigenvalue weighted by Crippen LogP contribution is -2.20. The summed E-state index contributed by atoms with van der Waals surface area (Å²) in [6.07, 6.45) is 0. The number of amides is 1. The van der Waals surface area contributed by atoms with E-state index >= 15 is 0 Å². The molecule has 1 aromatic carbocycles. The number of nitrogens with zero attached hydrogens (tertiary/aromatic N) is 2. The van der Waals surface area contributed by atoms with Crippen LogP contribution in [0.25, 0.3) is 0 Å². The molecular formula is C17H23N3O2S2. The fourth-order valence-electron chi connectivity index (χ4n) is 2.01. The van der Waals surface area contributed by atoms with Crippen LogP contribution < -0.4 is 10.1 Å². The number of thioether (sulfide) groups is 1. The molecule has 0 atom stereocenters. The molecule has 5 nitrogen and oxygen atoms in total. The smallest absolute Gasteiger partial charge is 0.264 e. The van der Waals surface area contributed by atoms with E-state index in [1.165, 1.54) is 11.3 Å². The molecule has 24 heavy (non-hydrogen) atoms. The summed E-state index contributed by atoms with van der Waals surface area (Å²) in [6.45, 7) is 10.3. The fraction of sp³-hybridized carbons (Fsp3) is 0.471. The van der Waals surface area contributed by atoms with E-state index in [0.717, 1.165) is 32.5 Å². The van der Waals surface area contributed by atoms with Crippen molar-refractivity contribution in [3.63, 3.8) is 0 Å². The van der Waals surface area contributed by atoms with E-state index < -0.39 is 0 Å². The number of carbonyl (C=O) groups is 1. The van der Waals surface area contributed by atoms with Crippen LogP contribution in [0.4, 0.5) is 5.13 Å². The van der Waals surface area contributed by atoms with Gasteiger partial charge in [0.1, 0.15) is 5.75 Å². The molecule has 0 aliphatic heterocycles. The van der Waals surface area contributed by atoms with Crippen LogP contribution in [0.3, 0.4) is 0 Å². The van der Waals surface area contributed by atoms with Crippen molar-refractivity contribution >= 4 is 34.1 Å². The van der Waals surface area contributed by atoms with Crippen molar-refractivity contribution in [2.75, 3.05) is 17.7 Å². The molecule has 2 aromatic rings. The van der Waals surface area contributed by atoms with Gasteiger partial charge < -0.3 is 4.74 Å². The maximum Gasteiger partial charge on any atom is 0.264 e. The zero-order valence-corrected chi connectivity index (χ0v) is 16.3. The summed E-state index contributed by atoms with van der Waals surface area (Å²) >= 11 is 3.04. The zero-order valence-electron chi connectivity index (χ0n) is 14.7. The second-order valence-corrected chi connectivity index (χ2v) is 8.36. The van der Waals surface area contributed by atoms with E-state index in [1.54, 1.807) is 11.8 Å². The second-order valence-electron chi connectivity index (χ2n) is 6.12. The molecule has 0 saturated carbocycles. The van der Waals surface area contributed by atoms with Crippen LogP contribution in [0, 0.1) is 26.7 Å². The maximum atomic E-state index is 12.0. The number of carbonyl (C=O) groups excluding carboxylic acids is 1. The Labute approximate surface area is 151 Å². The van der Waals surface area contributed by atoms with E-state index in [9.17, 15) is 4.79 Å². The van der Waals surface area contributed by atoms with Gasteiger partial charge >= 0.3 is 0 Å². The first-order valence-electron chi connectivity index (χ1n) is 7.82. The summed E-state index contributed by atoms with van der Waals surface area (Å²) in [7, 11) is 0. The summed E-state index contributed by atoms with van der Waals surface area (Å²) in [5.41, 5.74) is 3.32. The highest BCUT2D eigenvalue weighted by Crippen LogP contribution is 2.27. The normalized spacial score (nSPS) is 10.9. The molecule has 130 valence electrons. The van der Waals surface area contributed by atoms with Gasteiger partial charge in [-0.2, -0.15) is 0 Å². The lowest BCUT2D eigenvalue weighted by Gasteiger charge is -2.11. The van der Waals surface area contributed by atoms with Gasteiger partial charge in [-0.05, 0) is 49.4 Å². The van der Waals surface area contributed by atoms with Crippen molar-refractivity contribution in [2.45, 2.75) is 39.0 Å². The van der Waals surface area contributed by atoms with Gasteiger partial charge in [0.15, 0.2) is 10.9 Å². The van der Waals surface area contributed by atoms with Gasteiger partial charge in [0, 0.05) is 5.75 Å². The van der Waals surface area contributed by atoms with Crippen LogP contribution in [-0.4, -0.2) is 28.5 Å². The van der Waals surface area contributed by atoms with Crippen molar-refractivity contribution in [3.8, 4) is 5.75 Å². The number of benzene rings is 1. The second kappa shape index (κ2) is 8.48. The summed E-state index contributed by atoms with van der Waals surface area (Å²) in [4.78, 5) is 12.0. The molecular weight excluding hydrogens is 342 g/mol. The minimum absolute atomic E-state index is 0.0439. The molecule has 0 spiro atoms. The molecule has 0 saturated heterocycles. The first kappa shape index (κ1) is 18.7. The van der Waals surface area contributed by atoms with Gasteiger partial charge in [-0.25, -0.2) is 0 Å². The van der Waals surface area contributed by atoms with E-state index in [-0.39, 0.29) is 12.5 Å². The Morgan fingerprint density at radius 2 is 2.04 bits per heavy atom. The molecule has 1 heterocycles. The molecule has 0 aliphatic carbocycles. The van der Waals surface area contributed by atoms with Crippen LogP contribution in [0.5, 0.6) is 5.75 Å².